The molecule has 13 heavy (non-hydrogen) atoms. The molecule has 0 radical (unpaired) electrons. The van der Waals surface area contributed by atoms with Crippen LogP contribution in [0.25, 0.3) is 0 Å². The zero-order valence-corrected chi connectivity index (χ0v) is 7.59. The molecule has 0 rings (SSSR count). The summed E-state index contributed by atoms with van der Waals surface area (Å²) in [5, 5.41) is 43.1. The molecule has 0 heterocycles. The van der Waals surface area contributed by atoms with E-state index in [4.69, 9.17) is 25.5 Å². The van der Waals surface area contributed by atoms with Crippen LogP contribution in [-0.2, 0) is 21.3 Å². The van der Waals surface area contributed by atoms with Gasteiger partial charge >= 0.3 is 0 Å². The van der Waals surface area contributed by atoms with Crippen LogP contribution in [0.15, 0.2) is 0 Å². The van der Waals surface area contributed by atoms with Crippen LogP contribution < -0.4 is 0 Å². The molecule has 0 aromatic rings. The first kappa shape index (κ1) is 15.4. The van der Waals surface area contributed by atoms with Crippen molar-refractivity contribution in [1.29, 1.82) is 0 Å². The first-order valence-corrected chi connectivity index (χ1v) is 3.33. The predicted molar refractivity (Wildman–Crippen MR) is 37.2 cm³/mol. The molecule has 0 unspecified atom stereocenters. The van der Waals surface area contributed by atoms with Crippen molar-refractivity contribution in [2.24, 2.45) is 0 Å². The Morgan fingerprint density at radius 3 is 1.92 bits per heavy atom. The Labute approximate surface area is 84.7 Å². The third kappa shape index (κ3) is 4.66. The summed E-state index contributed by atoms with van der Waals surface area (Å²) in [6.07, 6.45) is -5.22. The van der Waals surface area contributed by atoms with Crippen molar-refractivity contribution in [3.8, 4) is 0 Å². The van der Waals surface area contributed by atoms with Crippen molar-refractivity contribution >= 4 is 5.78 Å². The first-order chi connectivity index (χ1) is 5.54. The van der Waals surface area contributed by atoms with E-state index >= 15 is 0 Å². The molecule has 0 fully saturated rings. The Bertz CT molecular complexity index is 152. The summed E-state index contributed by atoms with van der Waals surface area (Å²) in [6, 6.07) is 0. The quantitative estimate of drug-likeness (QED) is 0.319. The van der Waals surface area contributed by atoms with E-state index in [1.807, 2.05) is 0 Å². The van der Waals surface area contributed by atoms with Crippen LogP contribution in [0.3, 0.4) is 0 Å². The van der Waals surface area contributed by atoms with Crippen molar-refractivity contribution in [3.63, 3.8) is 0 Å². The molecule has 0 bridgehead atoms. The molecule has 0 spiro atoms. The molecule has 0 saturated carbocycles. The van der Waals surface area contributed by atoms with Crippen LogP contribution in [0.2, 0.25) is 0 Å². The van der Waals surface area contributed by atoms with Gasteiger partial charge in [0.25, 0.3) is 0 Å². The summed E-state index contributed by atoms with van der Waals surface area (Å²) in [5.74, 6) is -1.00. The minimum absolute atomic E-state index is 0. The molecule has 0 aromatic heterocycles. The first-order valence-electron chi connectivity index (χ1n) is 3.33. The zero-order valence-electron chi connectivity index (χ0n) is 6.61. The number of hydrogen-bond donors (Lipinski definition) is 5. The van der Waals surface area contributed by atoms with E-state index in [1.165, 1.54) is 0 Å². The van der Waals surface area contributed by atoms with E-state index in [1.54, 1.807) is 0 Å². The summed E-state index contributed by atoms with van der Waals surface area (Å²) >= 11 is 0. The third-order valence-corrected chi connectivity index (χ3v) is 1.39. The van der Waals surface area contributed by atoms with E-state index in [-0.39, 0.29) is 16.5 Å². The van der Waals surface area contributed by atoms with Crippen LogP contribution in [0.4, 0.5) is 0 Å². The largest absolute Gasteiger partial charge is 0.394 e. The predicted octanol–water partition coefficient (Wildman–Crippen LogP) is -3.38. The fraction of sp³-hybridized carbons (Fsp3) is 0.833. The second-order valence-corrected chi connectivity index (χ2v) is 2.31. The van der Waals surface area contributed by atoms with Gasteiger partial charge in [-0.15, -0.1) is 0 Å². The number of carbonyl (C=O) groups excluding carboxylic acids is 1. The molecular formula is C6H12NiO6. The molecule has 7 heteroatoms. The number of hydrogen-bond acceptors (Lipinski definition) is 6. The van der Waals surface area contributed by atoms with E-state index in [9.17, 15) is 4.79 Å². The van der Waals surface area contributed by atoms with Gasteiger partial charge in [0, 0.05) is 16.5 Å². The van der Waals surface area contributed by atoms with Gasteiger partial charge in [-0.3, -0.25) is 4.79 Å². The Hall–Kier alpha value is -0.0365. The van der Waals surface area contributed by atoms with Crippen molar-refractivity contribution in [2.45, 2.75) is 18.3 Å². The second kappa shape index (κ2) is 7.38. The van der Waals surface area contributed by atoms with Gasteiger partial charge in [0.05, 0.1) is 6.61 Å². The molecule has 82 valence electrons. The third-order valence-electron chi connectivity index (χ3n) is 1.39. The van der Waals surface area contributed by atoms with Crippen LogP contribution in [0, 0.1) is 0 Å². The number of carbonyl (C=O) groups is 1. The maximum atomic E-state index is 10.5. The Morgan fingerprint density at radius 1 is 1.15 bits per heavy atom. The van der Waals surface area contributed by atoms with Gasteiger partial charge in [-0.05, 0) is 0 Å². The molecule has 0 aromatic carbocycles. The SMILES string of the molecule is O=C(CO)[C@H](O)[C@@H](O)[C@H](O)CO.[Ni]. The topological polar surface area (TPSA) is 118 Å². The molecule has 0 amide bonds. The van der Waals surface area contributed by atoms with Gasteiger partial charge in [0.2, 0.25) is 0 Å². The Kier molecular flexibility index (Phi) is 8.76. The fourth-order valence-electron chi connectivity index (χ4n) is 0.602. The summed E-state index contributed by atoms with van der Waals surface area (Å²) in [7, 11) is 0. The van der Waals surface area contributed by atoms with Gasteiger partial charge in [-0.2, -0.15) is 0 Å². The fourth-order valence-corrected chi connectivity index (χ4v) is 0.602. The number of Topliss-reactive ketones (excluding diaryl/α,β-unsaturated/α-hetero) is 1. The van der Waals surface area contributed by atoms with Crippen molar-refractivity contribution in [3.05, 3.63) is 0 Å². The minimum atomic E-state index is -1.86. The summed E-state index contributed by atoms with van der Waals surface area (Å²) < 4.78 is 0. The van der Waals surface area contributed by atoms with Crippen LogP contribution in [-0.4, -0.2) is 62.8 Å². The number of aliphatic hydroxyl groups excluding tert-OH is 5. The molecule has 5 N–H and O–H groups in total. The number of rotatable bonds is 5. The van der Waals surface area contributed by atoms with Crippen molar-refractivity contribution < 1.29 is 46.8 Å². The van der Waals surface area contributed by atoms with Crippen molar-refractivity contribution in [1.82, 2.24) is 0 Å². The zero-order chi connectivity index (χ0) is 9.72. The molecule has 0 aliphatic carbocycles. The molecule has 0 aliphatic heterocycles. The molecule has 6 nitrogen and oxygen atoms in total. The molecule has 0 aliphatic rings. The van der Waals surface area contributed by atoms with E-state index < -0.39 is 37.3 Å². The van der Waals surface area contributed by atoms with Crippen molar-refractivity contribution in [2.75, 3.05) is 13.2 Å². The van der Waals surface area contributed by atoms with Crippen LogP contribution in [0.1, 0.15) is 0 Å². The summed E-state index contributed by atoms with van der Waals surface area (Å²) in [4.78, 5) is 10.5. The van der Waals surface area contributed by atoms with E-state index in [0.717, 1.165) is 0 Å². The summed E-state index contributed by atoms with van der Waals surface area (Å²) in [6.45, 7) is -1.69. The average Bonchev–Trinajstić information content (AvgIpc) is 2.12. The smallest absolute Gasteiger partial charge is 0.189 e. The number of ketones is 1. The van der Waals surface area contributed by atoms with Crippen LogP contribution in [0.5, 0.6) is 0 Å². The molecule has 0 saturated heterocycles. The molecular weight excluding hydrogens is 227 g/mol. The van der Waals surface area contributed by atoms with E-state index in [2.05, 4.69) is 0 Å². The number of aliphatic hydroxyl groups is 5. The van der Waals surface area contributed by atoms with Gasteiger partial charge in [-0.25, -0.2) is 0 Å². The van der Waals surface area contributed by atoms with E-state index in [0.29, 0.717) is 0 Å². The Balaban J connectivity index is 0. The summed E-state index contributed by atoms with van der Waals surface area (Å²) in [5.41, 5.74) is 0. The van der Waals surface area contributed by atoms with Gasteiger partial charge in [-0.1, -0.05) is 0 Å². The average molecular weight is 239 g/mol. The van der Waals surface area contributed by atoms with Gasteiger partial charge in [0.1, 0.15) is 24.9 Å². The van der Waals surface area contributed by atoms with Gasteiger partial charge < -0.3 is 25.5 Å². The maximum Gasteiger partial charge on any atom is 0.189 e. The Morgan fingerprint density at radius 2 is 1.62 bits per heavy atom. The standard InChI is InChI=1S/C6H12O6.Ni/c7-1-3(9)5(11)6(12)4(10)2-8;/h3,5-9,11-12H,1-2H2;/t3-,5+,6+;/m1./s1. The van der Waals surface area contributed by atoms with Gasteiger partial charge in [0.15, 0.2) is 5.78 Å². The second-order valence-electron chi connectivity index (χ2n) is 2.31. The minimum Gasteiger partial charge on any atom is -0.394 e. The molecule has 3 atom stereocenters. The van der Waals surface area contributed by atoms with Crippen LogP contribution >= 0.6 is 0 Å². The maximum absolute atomic E-state index is 10.5. The monoisotopic (exact) mass is 238 g/mol. The normalized spacial score (nSPS) is 17.0.